The fraction of sp³-hybridized carbons (Fsp3) is 0.533. The van der Waals surface area contributed by atoms with Crippen LogP contribution in [0.3, 0.4) is 0 Å². The Bertz CT molecular complexity index is 1090. The van der Waals surface area contributed by atoms with Crippen LogP contribution >= 0.6 is 11.3 Å². The molecule has 1 aliphatic rings. The van der Waals surface area contributed by atoms with Gasteiger partial charge >= 0.3 is 5.97 Å². The molecule has 0 fully saturated rings. The van der Waals surface area contributed by atoms with Crippen molar-refractivity contribution in [3.05, 3.63) is 69.3 Å². The molecule has 2 rings (SSSR count). The minimum Gasteiger partial charge on any atom is -0.456 e. The highest BCUT2D eigenvalue weighted by atomic mass is 32.1. The summed E-state index contributed by atoms with van der Waals surface area (Å²) >= 11 is 1.24. The van der Waals surface area contributed by atoms with Crippen molar-refractivity contribution in [2.75, 3.05) is 6.61 Å². The third kappa shape index (κ3) is 10.3. The molecular formula is C30H43NO7S. The van der Waals surface area contributed by atoms with Crippen LogP contribution in [0.4, 0.5) is 0 Å². The molecule has 7 atom stereocenters. The Kier molecular flexibility index (Phi) is 13.5. The molecule has 0 aliphatic carbocycles. The summed E-state index contributed by atoms with van der Waals surface area (Å²) in [6.45, 7) is 9.02. The van der Waals surface area contributed by atoms with E-state index in [9.17, 15) is 30.3 Å². The number of nitrogens with zero attached hydrogens (tertiary/aromatic N) is 1. The Morgan fingerprint density at radius 1 is 1.21 bits per heavy atom. The number of aliphatic hydroxyl groups is 5. The third-order valence-corrected chi connectivity index (χ3v) is 7.75. The van der Waals surface area contributed by atoms with Crippen LogP contribution in [0.5, 0.6) is 0 Å². The van der Waals surface area contributed by atoms with Crippen molar-refractivity contribution in [2.45, 2.75) is 90.3 Å². The van der Waals surface area contributed by atoms with Crippen LogP contribution < -0.4 is 0 Å². The predicted octanol–water partition coefficient (Wildman–Crippen LogP) is 3.82. The van der Waals surface area contributed by atoms with E-state index >= 15 is 0 Å². The van der Waals surface area contributed by atoms with E-state index in [0.717, 1.165) is 11.1 Å². The number of carbonyl (C=O) groups excluding carboxylic acids is 1. The quantitative estimate of drug-likeness (QED) is 0.270. The highest BCUT2D eigenvalue weighted by Crippen LogP contribution is 2.28. The lowest BCUT2D eigenvalue weighted by molar-refractivity contribution is -0.160. The fourth-order valence-electron chi connectivity index (χ4n) is 4.41. The van der Waals surface area contributed by atoms with E-state index in [0.29, 0.717) is 17.1 Å². The van der Waals surface area contributed by atoms with Gasteiger partial charge in [0, 0.05) is 17.4 Å². The lowest BCUT2D eigenvalue weighted by Gasteiger charge is -2.31. The van der Waals surface area contributed by atoms with Crippen molar-refractivity contribution in [1.82, 2.24) is 4.98 Å². The van der Waals surface area contributed by atoms with Crippen molar-refractivity contribution in [2.24, 2.45) is 5.92 Å². The van der Waals surface area contributed by atoms with E-state index in [-0.39, 0.29) is 30.9 Å². The number of hydrogen-bond acceptors (Lipinski definition) is 9. The van der Waals surface area contributed by atoms with Gasteiger partial charge in [-0.15, -0.1) is 11.3 Å². The summed E-state index contributed by atoms with van der Waals surface area (Å²) < 4.78 is 5.79. The van der Waals surface area contributed by atoms with Gasteiger partial charge in [-0.05, 0) is 52.5 Å². The standard InChI is InChI=1S/C30H43NO7S/c1-6-18(2)12-19(3)13-20(4)28-27(36)25(34)11-9-7-8-10-23(33)15-26(35)24(16-32)29-31-22(17-39-29)14-21(5)30(37)38-28/h6-10,12,14,17,20,23-28,32-36H,11,13,15-16H2,1-5H3/b9-7-,10-8+,18-6+,19-12+,21-14-. The van der Waals surface area contributed by atoms with Gasteiger partial charge in [0.05, 0.1) is 36.5 Å². The molecule has 2 heterocycles. The lowest BCUT2D eigenvalue weighted by atomic mass is 9.89. The van der Waals surface area contributed by atoms with Crippen molar-refractivity contribution in [3.63, 3.8) is 0 Å². The van der Waals surface area contributed by atoms with Crippen molar-refractivity contribution >= 4 is 23.4 Å². The Morgan fingerprint density at radius 3 is 2.59 bits per heavy atom. The zero-order chi connectivity index (χ0) is 29.1. The number of thiazole rings is 1. The van der Waals surface area contributed by atoms with Gasteiger partial charge < -0.3 is 30.3 Å². The first-order valence-electron chi connectivity index (χ1n) is 13.3. The van der Waals surface area contributed by atoms with E-state index in [1.54, 1.807) is 36.6 Å². The average Bonchev–Trinajstić information content (AvgIpc) is 3.33. The molecule has 1 aliphatic heterocycles. The zero-order valence-corrected chi connectivity index (χ0v) is 24.2. The van der Waals surface area contributed by atoms with Crippen molar-refractivity contribution < 1.29 is 35.1 Å². The number of rotatable bonds is 5. The second-order valence-corrected chi connectivity index (χ2v) is 11.2. The van der Waals surface area contributed by atoms with Crippen LogP contribution in [0.25, 0.3) is 6.08 Å². The molecule has 39 heavy (non-hydrogen) atoms. The maximum absolute atomic E-state index is 13.1. The number of hydrogen-bond donors (Lipinski definition) is 5. The van der Waals surface area contributed by atoms with E-state index in [4.69, 9.17) is 4.74 Å². The molecule has 0 saturated carbocycles. The average molecular weight is 562 g/mol. The molecule has 0 saturated heterocycles. The highest BCUT2D eigenvalue weighted by Gasteiger charge is 2.34. The summed E-state index contributed by atoms with van der Waals surface area (Å²) in [4.78, 5) is 17.6. The molecule has 1 aromatic rings. The number of cyclic esters (lactones) is 1. The second kappa shape index (κ2) is 16.0. The van der Waals surface area contributed by atoms with Crippen LogP contribution in [-0.4, -0.2) is 73.6 Å². The number of fused-ring (bicyclic) bond motifs is 2. The smallest absolute Gasteiger partial charge is 0.334 e. The molecular weight excluding hydrogens is 518 g/mol. The number of allylic oxidation sites excluding steroid dienone is 6. The molecule has 7 unspecified atom stereocenters. The number of aromatic nitrogens is 1. The van der Waals surface area contributed by atoms with Gasteiger partial charge in [-0.25, -0.2) is 9.78 Å². The summed E-state index contributed by atoms with van der Waals surface area (Å²) in [6, 6.07) is 0. The molecule has 0 amide bonds. The minimum atomic E-state index is -1.33. The van der Waals surface area contributed by atoms with Crippen LogP contribution in [0.15, 0.2) is 58.6 Å². The Morgan fingerprint density at radius 2 is 1.92 bits per heavy atom. The highest BCUT2D eigenvalue weighted by molar-refractivity contribution is 7.09. The van der Waals surface area contributed by atoms with Gasteiger partial charge in [0.2, 0.25) is 0 Å². The van der Waals surface area contributed by atoms with Crippen LogP contribution in [-0.2, 0) is 9.53 Å². The Labute approximate surface area is 235 Å². The number of esters is 1. The Hall–Kier alpha value is -2.40. The van der Waals surface area contributed by atoms with Crippen LogP contribution in [0.2, 0.25) is 0 Å². The minimum absolute atomic E-state index is 0.00594. The van der Waals surface area contributed by atoms with Gasteiger partial charge in [-0.3, -0.25) is 0 Å². The third-order valence-electron chi connectivity index (χ3n) is 6.75. The van der Waals surface area contributed by atoms with Crippen molar-refractivity contribution in [3.8, 4) is 0 Å². The number of aliphatic hydroxyl groups excluding tert-OH is 5. The van der Waals surface area contributed by atoms with E-state index in [2.05, 4.69) is 4.98 Å². The molecule has 1 aromatic heterocycles. The van der Waals surface area contributed by atoms with Crippen LogP contribution in [0, 0.1) is 5.92 Å². The van der Waals surface area contributed by atoms with Gasteiger partial charge in [0.25, 0.3) is 0 Å². The lowest BCUT2D eigenvalue weighted by Crippen LogP contribution is -2.44. The molecule has 216 valence electrons. The first-order chi connectivity index (χ1) is 18.5. The zero-order valence-electron chi connectivity index (χ0n) is 23.4. The summed E-state index contributed by atoms with van der Waals surface area (Å²) in [5.41, 5.74) is 2.86. The summed E-state index contributed by atoms with van der Waals surface area (Å²) in [5.74, 6) is -1.63. The molecule has 8 nitrogen and oxygen atoms in total. The van der Waals surface area contributed by atoms with Gasteiger partial charge in [0.15, 0.2) is 0 Å². The second-order valence-electron chi connectivity index (χ2n) is 10.3. The van der Waals surface area contributed by atoms with Crippen molar-refractivity contribution in [1.29, 1.82) is 0 Å². The molecule has 0 radical (unpaired) electrons. The first kappa shape index (κ1) is 32.8. The first-order valence-corrected chi connectivity index (χ1v) is 14.2. The van der Waals surface area contributed by atoms with Gasteiger partial charge in [-0.1, -0.05) is 54.5 Å². The molecule has 9 heteroatoms. The van der Waals surface area contributed by atoms with E-state index < -0.39 is 42.4 Å². The molecule has 5 N–H and O–H groups in total. The largest absolute Gasteiger partial charge is 0.456 e. The number of carbonyl (C=O) groups is 1. The monoisotopic (exact) mass is 561 g/mol. The molecule has 0 aromatic carbocycles. The summed E-state index contributed by atoms with van der Waals surface area (Å²) in [5, 5.41) is 54.8. The van der Waals surface area contributed by atoms with E-state index in [1.165, 1.54) is 17.4 Å². The van der Waals surface area contributed by atoms with Crippen LogP contribution in [0.1, 0.15) is 70.5 Å². The maximum atomic E-state index is 13.1. The summed E-state index contributed by atoms with van der Waals surface area (Å²) in [7, 11) is 0. The summed E-state index contributed by atoms with van der Waals surface area (Å²) in [6.07, 6.45) is 7.07. The maximum Gasteiger partial charge on any atom is 0.334 e. The Balaban J connectivity index is 2.42. The van der Waals surface area contributed by atoms with E-state index in [1.807, 2.05) is 39.8 Å². The SMILES string of the molecule is C/C=C(C)/C=C(\C)CC(C)C1OC(=O)/C(C)=C\c2csc(n2)C(CO)C(O)CC(O)/C=C/C=C\CC(O)C1O. The molecule has 2 bridgehead atoms. The number of ether oxygens (including phenoxy) is 1. The fourth-order valence-corrected chi connectivity index (χ4v) is 5.34. The topological polar surface area (TPSA) is 140 Å². The molecule has 0 spiro atoms. The van der Waals surface area contributed by atoms with Gasteiger partial charge in [-0.2, -0.15) is 0 Å². The normalized spacial score (nSPS) is 32.2. The van der Waals surface area contributed by atoms with Gasteiger partial charge in [0.1, 0.15) is 17.2 Å². The predicted molar refractivity (Wildman–Crippen MR) is 154 cm³/mol.